The van der Waals surface area contributed by atoms with Crippen molar-refractivity contribution in [3.8, 4) is 0 Å². The predicted octanol–water partition coefficient (Wildman–Crippen LogP) is 2.09. The summed E-state index contributed by atoms with van der Waals surface area (Å²) in [7, 11) is 0. The molecule has 1 N–H and O–H groups in total. The van der Waals surface area contributed by atoms with Gasteiger partial charge in [-0.15, -0.1) is 0 Å². The third-order valence-electron chi connectivity index (χ3n) is 5.17. The van der Waals surface area contributed by atoms with Crippen molar-refractivity contribution in [3.63, 3.8) is 0 Å². The Morgan fingerprint density at radius 1 is 1.31 bits per heavy atom. The van der Waals surface area contributed by atoms with Gasteiger partial charge in [-0.25, -0.2) is 14.5 Å². The van der Waals surface area contributed by atoms with E-state index in [2.05, 4.69) is 47.2 Å². The number of imidazole rings is 1. The average Bonchev–Trinajstić information content (AvgIpc) is 3.22. The van der Waals surface area contributed by atoms with Crippen molar-refractivity contribution in [1.29, 1.82) is 0 Å². The molecule has 7 heteroatoms. The molecule has 26 heavy (non-hydrogen) atoms. The number of rotatable bonds is 3. The summed E-state index contributed by atoms with van der Waals surface area (Å²) in [4.78, 5) is 24.3. The normalized spacial score (nSPS) is 15.5. The Morgan fingerprint density at radius 2 is 2.12 bits per heavy atom. The molecular weight excluding hydrogens is 328 g/mol. The van der Waals surface area contributed by atoms with E-state index in [4.69, 9.17) is 4.98 Å². The molecule has 0 aliphatic carbocycles. The third kappa shape index (κ3) is 2.86. The van der Waals surface area contributed by atoms with Gasteiger partial charge in [0.2, 0.25) is 0 Å². The Kier molecular flexibility index (Phi) is 3.99. The number of nitrogens with one attached hydrogen (secondary N) is 1. The lowest BCUT2D eigenvalue weighted by Gasteiger charge is -2.27. The zero-order valence-electron chi connectivity index (χ0n) is 15.9. The van der Waals surface area contributed by atoms with Crippen molar-refractivity contribution in [1.82, 2.24) is 29.0 Å². The van der Waals surface area contributed by atoms with E-state index >= 15 is 0 Å². The fourth-order valence-corrected chi connectivity index (χ4v) is 3.55. The summed E-state index contributed by atoms with van der Waals surface area (Å²) >= 11 is 0. The van der Waals surface area contributed by atoms with E-state index in [1.807, 2.05) is 18.6 Å². The Hall–Kier alpha value is -2.41. The van der Waals surface area contributed by atoms with Gasteiger partial charge in [0, 0.05) is 56.0 Å². The third-order valence-corrected chi connectivity index (χ3v) is 5.17. The molecule has 0 saturated carbocycles. The first-order valence-corrected chi connectivity index (χ1v) is 9.22. The van der Waals surface area contributed by atoms with Crippen molar-refractivity contribution in [2.24, 2.45) is 0 Å². The maximum Gasteiger partial charge on any atom is 0.277 e. The summed E-state index contributed by atoms with van der Waals surface area (Å²) < 4.78 is 3.74. The molecule has 0 unspecified atom stereocenters. The number of nitrogens with zero attached hydrogens (tertiary/aromatic N) is 5. The average molecular weight is 354 g/mol. The first-order valence-electron chi connectivity index (χ1n) is 9.22. The van der Waals surface area contributed by atoms with E-state index in [1.165, 1.54) is 5.69 Å². The molecule has 0 atom stereocenters. The molecule has 0 saturated heterocycles. The van der Waals surface area contributed by atoms with Gasteiger partial charge in [0.1, 0.15) is 0 Å². The van der Waals surface area contributed by atoms with Gasteiger partial charge in [-0.3, -0.25) is 14.8 Å². The quantitative estimate of drug-likeness (QED) is 0.782. The Labute approximate surface area is 152 Å². The number of fused-ring (bicyclic) bond motifs is 2. The number of hydrogen-bond acceptors (Lipinski definition) is 4. The van der Waals surface area contributed by atoms with E-state index in [0.717, 1.165) is 48.7 Å². The largest absolute Gasteiger partial charge is 0.334 e. The lowest BCUT2D eigenvalue weighted by atomic mass is 9.93. The van der Waals surface area contributed by atoms with Crippen LogP contribution in [0, 0.1) is 0 Å². The maximum atomic E-state index is 13.0. The monoisotopic (exact) mass is 354 g/mol. The summed E-state index contributed by atoms with van der Waals surface area (Å²) in [5, 5.41) is 3.24. The van der Waals surface area contributed by atoms with Crippen LogP contribution in [0.2, 0.25) is 0 Å². The fraction of sp³-hybridized carbons (Fsp3) is 0.526. The van der Waals surface area contributed by atoms with Gasteiger partial charge in [-0.1, -0.05) is 20.8 Å². The highest BCUT2D eigenvalue weighted by molar-refractivity contribution is 5.43. The SMILES string of the molecule is CCn1cncc1CN1CCc2nc3cc(C(C)(C)C)[nH]n3c(=O)c2C1. The van der Waals surface area contributed by atoms with Crippen LogP contribution in [0.1, 0.15) is 50.3 Å². The van der Waals surface area contributed by atoms with Crippen molar-refractivity contribution < 1.29 is 0 Å². The molecule has 3 aromatic rings. The minimum Gasteiger partial charge on any atom is -0.334 e. The van der Waals surface area contributed by atoms with Gasteiger partial charge in [0.25, 0.3) is 5.56 Å². The summed E-state index contributed by atoms with van der Waals surface area (Å²) in [6, 6.07) is 1.99. The van der Waals surface area contributed by atoms with Crippen LogP contribution in [0.15, 0.2) is 23.4 Å². The van der Waals surface area contributed by atoms with Crippen LogP contribution in [0.25, 0.3) is 5.65 Å². The number of aryl methyl sites for hydroxylation is 1. The van der Waals surface area contributed by atoms with Gasteiger partial charge in [-0.05, 0) is 6.92 Å². The van der Waals surface area contributed by atoms with E-state index in [9.17, 15) is 4.79 Å². The molecule has 0 amide bonds. The summed E-state index contributed by atoms with van der Waals surface area (Å²) in [6.45, 7) is 11.7. The molecular formula is C19H26N6O. The molecule has 0 spiro atoms. The van der Waals surface area contributed by atoms with Gasteiger partial charge in [0.05, 0.1) is 23.3 Å². The first-order chi connectivity index (χ1) is 12.4. The second kappa shape index (κ2) is 6.09. The van der Waals surface area contributed by atoms with E-state index in [-0.39, 0.29) is 11.0 Å². The molecule has 1 aliphatic heterocycles. The molecule has 7 nitrogen and oxygen atoms in total. The van der Waals surface area contributed by atoms with Crippen molar-refractivity contribution in [3.05, 3.63) is 51.6 Å². The zero-order valence-corrected chi connectivity index (χ0v) is 15.9. The van der Waals surface area contributed by atoms with Crippen LogP contribution in [-0.2, 0) is 31.5 Å². The van der Waals surface area contributed by atoms with Crippen molar-refractivity contribution in [2.75, 3.05) is 6.54 Å². The predicted molar refractivity (Wildman–Crippen MR) is 100 cm³/mol. The Balaban J connectivity index is 1.67. The molecule has 0 aromatic carbocycles. The highest BCUT2D eigenvalue weighted by atomic mass is 16.1. The molecule has 0 bridgehead atoms. The number of aromatic nitrogens is 5. The van der Waals surface area contributed by atoms with Crippen molar-refractivity contribution in [2.45, 2.75) is 59.2 Å². The Morgan fingerprint density at radius 3 is 2.85 bits per heavy atom. The first kappa shape index (κ1) is 17.0. The van der Waals surface area contributed by atoms with Crippen molar-refractivity contribution >= 4 is 5.65 Å². The summed E-state index contributed by atoms with van der Waals surface area (Å²) in [5.74, 6) is 0. The van der Waals surface area contributed by atoms with Crippen LogP contribution in [0.5, 0.6) is 0 Å². The van der Waals surface area contributed by atoms with Crippen LogP contribution in [0.3, 0.4) is 0 Å². The summed E-state index contributed by atoms with van der Waals surface area (Å²) in [6.07, 6.45) is 4.57. The van der Waals surface area contributed by atoms with Gasteiger partial charge >= 0.3 is 0 Å². The van der Waals surface area contributed by atoms with Crippen LogP contribution in [-0.4, -0.2) is 35.6 Å². The van der Waals surface area contributed by atoms with Gasteiger partial charge in [-0.2, -0.15) is 0 Å². The fourth-order valence-electron chi connectivity index (χ4n) is 3.55. The van der Waals surface area contributed by atoms with Crippen LogP contribution >= 0.6 is 0 Å². The van der Waals surface area contributed by atoms with Gasteiger partial charge < -0.3 is 4.57 Å². The molecule has 4 rings (SSSR count). The lowest BCUT2D eigenvalue weighted by Crippen LogP contribution is -2.36. The second-order valence-electron chi connectivity index (χ2n) is 8.09. The Bertz CT molecular complexity index is 1000. The second-order valence-corrected chi connectivity index (χ2v) is 8.09. The van der Waals surface area contributed by atoms with Crippen LogP contribution in [0.4, 0.5) is 0 Å². The minimum atomic E-state index is -0.0504. The van der Waals surface area contributed by atoms with E-state index < -0.39 is 0 Å². The lowest BCUT2D eigenvalue weighted by molar-refractivity contribution is 0.235. The van der Waals surface area contributed by atoms with Crippen LogP contribution < -0.4 is 5.56 Å². The number of H-pyrrole nitrogens is 1. The molecule has 0 radical (unpaired) electrons. The highest BCUT2D eigenvalue weighted by Crippen LogP contribution is 2.22. The molecule has 138 valence electrons. The smallest absolute Gasteiger partial charge is 0.277 e. The highest BCUT2D eigenvalue weighted by Gasteiger charge is 2.24. The van der Waals surface area contributed by atoms with Gasteiger partial charge in [0.15, 0.2) is 5.65 Å². The molecule has 3 aromatic heterocycles. The maximum absolute atomic E-state index is 13.0. The standard InChI is InChI=1S/C19H26N6O/c1-5-24-12-20-9-13(24)10-23-7-6-15-14(11-23)18(26)25-17(21-15)8-16(22-25)19(2,3)4/h8-9,12,22H,5-7,10-11H2,1-4H3. The molecule has 1 aliphatic rings. The molecule has 4 heterocycles. The van der Waals surface area contributed by atoms with E-state index in [1.54, 1.807) is 4.52 Å². The van der Waals surface area contributed by atoms with E-state index in [0.29, 0.717) is 6.54 Å². The number of aromatic amines is 1. The summed E-state index contributed by atoms with van der Waals surface area (Å²) in [5.41, 5.74) is 4.64. The topological polar surface area (TPSA) is 71.2 Å². The molecule has 0 fully saturated rings. The number of hydrogen-bond donors (Lipinski definition) is 1. The zero-order chi connectivity index (χ0) is 18.5. The minimum absolute atomic E-state index is 0.0224.